The lowest BCUT2D eigenvalue weighted by atomic mass is 10.3. The number of carboxylic acid groups (broad SMARTS) is 1. The van der Waals surface area contributed by atoms with Crippen molar-refractivity contribution in [3.63, 3.8) is 0 Å². The van der Waals surface area contributed by atoms with Crippen LogP contribution in [-0.2, 0) is 21.3 Å². The molecule has 1 fully saturated rings. The van der Waals surface area contributed by atoms with E-state index in [9.17, 15) is 4.79 Å². The summed E-state index contributed by atoms with van der Waals surface area (Å²) in [7, 11) is 5.14. The molecule has 0 spiro atoms. The summed E-state index contributed by atoms with van der Waals surface area (Å²) >= 11 is 1.15. The van der Waals surface area contributed by atoms with Crippen molar-refractivity contribution in [1.29, 1.82) is 0 Å². The van der Waals surface area contributed by atoms with Gasteiger partial charge in [0.1, 0.15) is 12.2 Å². The Bertz CT molecular complexity index is 469. The highest BCUT2D eigenvalue weighted by Crippen LogP contribution is 2.25. The third-order valence-corrected chi connectivity index (χ3v) is 4.25. The van der Waals surface area contributed by atoms with Crippen LogP contribution < -0.4 is 4.90 Å². The lowest BCUT2D eigenvalue weighted by molar-refractivity contribution is -0.133. The number of aliphatic carboxylic acids is 1. The van der Waals surface area contributed by atoms with Gasteiger partial charge in [-0.1, -0.05) is 11.8 Å². The fourth-order valence-corrected chi connectivity index (χ4v) is 2.82. The van der Waals surface area contributed by atoms with Gasteiger partial charge in [-0.15, -0.1) is 10.2 Å². The molecular formula is C11H18N4O4S. The van der Waals surface area contributed by atoms with Crippen molar-refractivity contribution in [3.05, 3.63) is 0 Å². The third kappa shape index (κ3) is 3.05. The van der Waals surface area contributed by atoms with Gasteiger partial charge < -0.3 is 19.5 Å². The zero-order valence-electron chi connectivity index (χ0n) is 11.6. The van der Waals surface area contributed by atoms with Gasteiger partial charge in [0.25, 0.3) is 0 Å². The topological polar surface area (TPSA) is 89.7 Å². The first-order valence-electron chi connectivity index (χ1n) is 6.11. The smallest absolute Gasteiger partial charge is 0.313 e. The molecule has 1 aromatic heterocycles. The Balaban J connectivity index is 2.08. The highest BCUT2D eigenvalue weighted by atomic mass is 32.2. The molecule has 0 bridgehead atoms. The van der Waals surface area contributed by atoms with E-state index in [1.54, 1.807) is 18.8 Å². The van der Waals surface area contributed by atoms with Gasteiger partial charge in [0.15, 0.2) is 5.16 Å². The fraction of sp³-hybridized carbons (Fsp3) is 0.727. The SMILES string of the molecule is COC1CN(c2nnc(SCC(=O)O)n2C)CC1OC. The van der Waals surface area contributed by atoms with Crippen LogP contribution in [0, 0.1) is 0 Å². The monoisotopic (exact) mass is 302 g/mol. The number of thioether (sulfide) groups is 1. The van der Waals surface area contributed by atoms with Crippen molar-refractivity contribution in [1.82, 2.24) is 14.8 Å². The van der Waals surface area contributed by atoms with E-state index in [-0.39, 0.29) is 18.0 Å². The standard InChI is InChI=1S/C11H18N4O4S/c1-14-10(12-13-11(14)20-6-9(16)17)15-4-7(18-2)8(5-15)19-3/h7-8H,4-6H2,1-3H3,(H,16,17). The van der Waals surface area contributed by atoms with Crippen molar-refractivity contribution < 1.29 is 19.4 Å². The highest BCUT2D eigenvalue weighted by Gasteiger charge is 2.35. The molecule has 2 atom stereocenters. The van der Waals surface area contributed by atoms with E-state index in [2.05, 4.69) is 10.2 Å². The number of aromatic nitrogens is 3. The molecule has 0 saturated carbocycles. The number of carbonyl (C=O) groups is 1. The summed E-state index contributed by atoms with van der Waals surface area (Å²) in [5.41, 5.74) is 0. The second-order valence-corrected chi connectivity index (χ2v) is 5.42. The van der Waals surface area contributed by atoms with Gasteiger partial charge >= 0.3 is 5.97 Å². The van der Waals surface area contributed by atoms with Crippen LogP contribution in [0.3, 0.4) is 0 Å². The first-order valence-corrected chi connectivity index (χ1v) is 7.10. The molecule has 2 rings (SSSR count). The zero-order chi connectivity index (χ0) is 14.7. The van der Waals surface area contributed by atoms with Crippen molar-refractivity contribution in [3.8, 4) is 0 Å². The molecule has 1 aromatic rings. The predicted octanol–water partition coefficient (Wildman–Crippen LogP) is -0.158. The molecule has 1 aliphatic heterocycles. The van der Waals surface area contributed by atoms with Crippen LogP contribution in [-0.4, -0.2) is 71.1 Å². The number of rotatable bonds is 6. The summed E-state index contributed by atoms with van der Waals surface area (Å²) in [5.74, 6) is -0.216. The van der Waals surface area contributed by atoms with Crippen molar-refractivity contribution in [2.24, 2.45) is 7.05 Å². The molecule has 1 aliphatic rings. The molecule has 0 aromatic carbocycles. The molecule has 9 heteroatoms. The first kappa shape index (κ1) is 15.1. The molecule has 2 unspecified atom stereocenters. The van der Waals surface area contributed by atoms with E-state index >= 15 is 0 Å². The largest absolute Gasteiger partial charge is 0.481 e. The van der Waals surface area contributed by atoms with E-state index < -0.39 is 5.97 Å². The van der Waals surface area contributed by atoms with Gasteiger partial charge in [-0.3, -0.25) is 9.36 Å². The highest BCUT2D eigenvalue weighted by molar-refractivity contribution is 7.99. The normalized spacial score (nSPS) is 22.4. The summed E-state index contributed by atoms with van der Waals surface area (Å²) in [4.78, 5) is 12.6. The maximum Gasteiger partial charge on any atom is 0.313 e. The Kier molecular flexibility index (Phi) is 4.84. The van der Waals surface area contributed by atoms with Crippen LogP contribution in [0.2, 0.25) is 0 Å². The molecular weight excluding hydrogens is 284 g/mol. The van der Waals surface area contributed by atoms with Crippen molar-refractivity contribution >= 4 is 23.7 Å². The van der Waals surface area contributed by atoms with Crippen LogP contribution in [0.25, 0.3) is 0 Å². The van der Waals surface area contributed by atoms with Crippen LogP contribution in [0.1, 0.15) is 0 Å². The molecule has 20 heavy (non-hydrogen) atoms. The predicted molar refractivity (Wildman–Crippen MR) is 73.2 cm³/mol. The van der Waals surface area contributed by atoms with Crippen LogP contribution in [0.4, 0.5) is 5.95 Å². The Labute approximate surface area is 121 Å². The number of anilines is 1. The Morgan fingerprint density at radius 3 is 2.45 bits per heavy atom. The molecule has 0 amide bonds. The number of nitrogens with zero attached hydrogens (tertiary/aromatic N) is 4. The van der Waals surface area contributed by atoms with Crippen LogP contribution in [0.5, 0.6) is 0 Å². The maximum absolute atomic E-state index is 10.6. The number of carboxylic acids is 1. The Morgan fingerprint density at radius 1 is 1.35 bits per heavy atom. The minimum atomic E-state index is -0.875. The summed E-state index contributed by atoms with van der Waals surface area (Å²) < 4.78 is 12.6. The molecule has 0 aliphatic carbocycles. The van der Waals surface area contributed by atoms with Gasteiger partial charge in [0.2, 0.25) is 5.95 Å². The average molecular weight is 302 g/mol. The minimum Gasteiger partial charge on any atom is -0.481 e. The van der Waals surface area contributed by atoms with Gasteiger partial charge in [-0.2, -0.15) is 0 Å². The van der Waals surface area contributed by atoms with Gasteiger partial charge in [-0.05, 0) is 0 Å². The summed E-state index contributed by atoms with van der Waals surface area (Å²) in [6.07, 6.45) is -0.0151. The Morgan fingerprint density at radius 2 is 1.95 bits per heavy atom. The molecule has 1 saturated heterocycles. The number of hydrogen-bond donors (Lipinski definition) is 1. The number of methoxy groups -OCH3 is 2. The first-order chi connectivity index (χ1) is 9.56. The summed E-state index contributed by atoms with van der Waals surface area (Å²) in [5, 5.41) is 17.4. The van der Waals surface area contributed by atoms with Crippen LogP contribution >= 0.6 is 11.8 Å². The lowest BCUT2D eigenvalue weighted by Crippen LogP contribution is -2.27. The maximum atomic E-state index is 10.6. The van der Waals surface area contributed by atoms with E-state index in [0.29, 0.717) is 24.2 Å². The number of hydrogen-bond acceptors (Lipinski definition) is 7. The molecule has 8 nitrogen and oxygen atoms in total. The van der Waals surface area contributed by atoms with E-state index in [4.69, 9.17) is 14.6 Å². The second-order valence-electron chi connectivity index (χ2n) is 4.48. The zero-order valence-corrected chi connectivity index (χ0v) is 12.5. The average Bonchev–Trinajstić information content (AvgIpc) is 2.99. The third-order valence-electron chi connectivity index (χ3n) is 3.24. The summed E-state index contributed by atoms with van der Waals surface area (Å²) in [6.45, 7) is 1.34. The van der Waals surface area contributed by atoms with Crippen LogP contribution in [0.15, 0.2) is 5.16 Å². The number of ether oxygens (including phenoxy) is 2. The van der Waals surface area contributed by atoms with E-state index in [0.717, 1.165) is 11.8 Å². The van der Waals surface area contributed by atoms with Gasteiger partial charge in [-0.25, -0.2) is 0 Å². The van der Waals surface area contributed by atoms with Crippen molar-refractivity contribution in [2.45, 2.75) is 17.4 Å². The molecule has 1 N–H and O–H groups in total. The van der Waals surface area contributed by atoms with Gasteiger partial charge in [0, 0.05) is 34.4 Å². The molecule has 2 heterocycles. The second kappa shape index (κ2) is 6.42. The van der Waals surface area contributed by atoms with Gasteiger partial charge in [0.05, 0.1) is 5.75 Å². The van der Waals surface area contributed by atoms with E-state index in [1.165, 1.54) is 0 Å². The van der Waals surface area contributed by atoms with E-state index in [1.807, 2.05) is 11.9 Å². The molecule has 112 valence electrons. The quantitative estimate of drug-likeness (QED) is 0.725. The Hall–Kier alpha value is -1.32. The molecule has 0 radical (unpaired) electrons. The summed E-state index contributed by atoms with van der Waals surface area (Å²) in [6, 6.07) is 0. The van der Waals surface area contributed by atoms with Crippen molar-refractivity contribution in [2.75, 3.05) is 38.0 Å². The minimum absolute atomic E-state index is 0.00757. The lowest BCUT2D eigenvalue weighted by Gasteiger charge is -2.16. The fourth-order valence-electron chi connectivity index (χ4n) is 2.19.